The lowest BCUT2D eigenvalue weighted by Crippen LogP contribution is -2.30. The van der Waals surface area contributed by atoms with Crippen LogP contribution in [-0.2, 0) is 10.0 Å². The first-order chi connectivity index (χ1) is 8.49. The molecule has 4 nitrogen and oxygen atoms in total. The predicted molar refractivity (Wildman–Crippen MR) is 71.4 cm³/mol. The van der Waals surface area contributed by atoms with Gasteiger partial charge in [-0.25, -0.2) is 8.42 Å². The van der Waals surface area contributed by atoms with E-state index in [9.17, 15) is 8.42 Å². The first-order valence-electron chi connectivity index (χ1n) is 6.17. The molecule has 18 heavy (non-hydrogen) atoms. The SMILES string of the molecule is Cc1ccc(C)c(OCCN2CCCS2(=O)=O)c1. The van der Waals surface area contributed by atoms with Crippen molar-refractivity contribution in [2.24, 2.45) is 0 Å². The number of sulfonamides is 1. The molecule has 2 rings (SSSR count). The van der Waals surface area contributed by atoms with Crippen molar-refractivity contribution in [3.63, 3.8) is 0 Å². The van der Waals surface area contributed by atoms with Crippen LogP contribution in [0.4, 0.5) is 0 Å². The van der Waals surface area contributed by atoms with Gasteiger partial charge in [-0.15, -0.1) is 0 Å². The van der Waals surface area contributed by atoms with Crippen LogP contribution in [0.3, 0.4) is 0 Å². The van der Waals surface area contributed by atoms with Gasteiger partial charge in [0.05, 0.1) is 5.75 Å². The van der Waals surface area contributed by atoms with Crippen LogP contribution in [-0.4, -0.2) is 38.2 Å². The molecule has 0 atom stereocenters. The van der Waals surface area contributed by atoms with Crippen molar-refractivity contribution < 1.29 is 13.2 Å². The van der Waals surface area contributed by atoms with Gasteiger partial charge in [0.25, 0.3) is 0 Å². The molecular formula is C13H19NO3S. The molecule has 0 aliphatic carbocycles. The fourth-order valence-corrected chi connectivity index (χ4v) is 3.57. The minimum atomic E-state index is -3.01. The first kappa shape index (κ1) is 13.4. The monoisotopic (exact) mass is 269 g/mol. The van der Waals surface area contributed by atoms with E-state index in [1.54, 1.807) is 0 Å². The third-order valence-electron chi connectivity index (χ3n) is 3.15. The molecule has 0 N–H and O–H groups in total. The second-order valence-electron chi connectivity index (χ2n) is 4.69. The Labute approximate surface area is 109 Å². The number of ether oxygens (including phenoxy) is 1. The Morgan fingerprint density at radius 2 is 2.11 bits per heavy atom. The van der Waals surface area contributed by atoms with Crippen molar-refractivity contribution in [3.8, 4) is 5.75 Å². The van der Waals surface area contributed by atoms with E-state index in [0.29, 0.717) is 19.7 Å². The van der Waals surface area contributed by atoms with Crippen LogP contribution in [0, 0.1) is 13.8 Å². The van der Waals surface area contributed by atoms with Crippen LogP contribution < -0.4 is 4.74 Å². The molecule has 1 aromatic rings. The van der Waals surface area contributed by atoms with Crippen LogP contribution in [0.5, 0.6) is 5.75 Å². The summed E-state index contributed by atoms with van der Waals surface area (Å²) >= 11 is 0. The summed E-state index contributed by atoms with van der Waals surface area (Å²) in [5, 5.41) is 0. The molecular weight excluding hydrogens is 250 g/mol. The van der Waals surface area contributed by atoms with Crippen molar-refractivity contribution in [2.75, 3.05) is 25.4 Å². The van der Waals surface area contributed by atoms with Crippen molar-refractivity contribution in [2.45, 2.75) is 20.3 Å². The van der Waals surface area contributed by atoms with Crippen LogP contribution in [0.15, 0.2) is 18.2 Å². The standard InChI is InChI=1S/C13H19NO3S/c1-11-4-5-12(2)13(10-11)17-8-7-14-6-3-9-18(14,15)16/h4-5,10H,3,6-9H2,1-2H3. The highest BCUT2D eigenvalue weighted by atomic mass is 32.2. The van der Waals surface area contributed by atoms with E-state index in [0.717, 1.165) is 23.3 Å². The third-order valence-corrected chi connectivity index (χ3v) is 5.10. The Hall–Kier alpha value is -1.07. The van der Waals surface area contributed by atoms with Gasteiger partial charge in [0.2, 0.25) is 10.0 Å². The van der Waals surface area contributed by atoms with E-state index in [2.05, 4.69) is 0 Å². The molecule has 5 heteroatoms. The molecule has 100 valence electrons. The highest BCUT2D eigenvalue weighted by molar-refractivity contribution is 7.89. The van der Waals surface area contributed by atoms with Crippen molar-refractivity contribution in [1.82, 2.24) is 4.31 Å². The van der Waals surface area contributed by atoms with E-state index in [4.69, 9.17) is 4.74 Å². The maximum atomic E-state index is 11.6. The van der Waals surface area contributed by atoms with Crippen molar-refractivity contribution in [3.05, 3.63) is 29.3 Å². The lowest BCUT2D eigenvalue weighted by atomic mass is 10.1. The number of nitrogens with zero attached hydrogens (tertiary/aromatic N) is 1. The molecule has 0 saturated carbocycles. The van der Waals surface area contributed by atoms with Crippen LogP contribution in [0.2, 0.25) is 0 Å². The Morgan fingerprint density at radius 3 is 2.78 bits per heavy atom. The molecule has 1 aromatic carbocycles. The molecule has 1 saturated heterocycles. The summed E-state index contributed by atoms with van der Waals surface area (Å²) in [5.41, 5.74) is 2.22. The second-order valence-corrected chi connectivity index (χ2v) is 6.77. The van der Waals surface area contributed by atoms with E-state index in [1.165, 1.54) is 4.31 Å². The zero-order valence-corrected chi connectivity index (χ0v) is 11.7. The number of benzene rings is 1. The molecule has 0 unspecified atom stereocenters. The van der Waals surface area contributed by atoms with Gasteiger partial charge in [0, 0.05) is 13.1 Å². The van der Waals surface area contributed by atoms with Gasteiger partial charge < -0.3 is 4.74 Å². The summed E-state index contributed by atoms with van der Waals surface area (Å²) in [6.07, 6.45) is 0.728. The number of hydrogen-bond acceptors (Lipinski definition) is 3. The average molecular weight is 269 g/mol. The number of aryl methyl sites for hydroxylation is 2. The number of hydrogen-bond donors (Lipinski definition) is 0. The average Bonchev–Trinajstić information content (AvgIpc) is 2.63. The van der Waals surface area contributed by atoms with E-state index < -0.39 is 10.0 Å². The van der Waals surface area contributed by atoms with Gasteiger partial charge in [0.1, 0.15) is 12.4 Å². The fraction of sp³-hybridized carbons (Fsp3) is 0.538. The smallest absolute Gasteiger partial charge is 0.214 e. The molecule has 0 aromatic heterocycles. The molecule has 1 heterocycles. The molecule has 0 bridgehead atoms. The Kier molecular flexibility index (Phi) is 3.92. The van der Waals surface area contributed by atoms with Gasteiger partial charge in [-0.3, -0.25) is 0 Å². The predicted octanol–water partition coefficient (Wildman–Crippen LogP) is 1.72. The maximum absolute atomic E-state index is 11.6. The van der Waals surface area contributed by atoms with E-state index in [-0.39, 0.29) is 5.75 Å². The molecule has 1 fully saturated rings. The maximum Gasteiger partial charge on any atom is 0.214 e. The van der Waals surface area contributed by atoms with Crippen LogP contribution in [0.1, 0.15) is 17.5 Å². The lowest BCUT2D eigenvalue weighted by molar-refractivity contribution is 0.277. The zero-order valence-electron chi connectivity index (χ0n) is 10.8. The van der Waals surface area contributed by atoms with E-state index >= 15 is 0 Å². The minimum absolute atomic E-state index is 0.274. The molecule has 0 amide bonds. The summed E-state index contributed by atoms with van der Waals surface area (Å²) < 4.78 is 30.4. The summed E-state index contributed by atoms with van der Waals surface area (Å²) in [4.78, 5) is 0. The second kappa shape index (κ2) is 5.28. The van der Waals surface area contributed by atoms with Crippen molar-refractivity contribution in [1.29, 1.82) is 0 Å². The third kappa shape index (κ3) is 3.03. The quantitative estimate of drug-likeness (QED) is 0.836. The van der Waals surface area contributed by atoms with Gasteiger partial charge in [-0.05, 0) is 37.5 Å². The minimum Gasteiger partial charge on any atom is -0.492 e. The van der Waals surface area contributed by atoms with E-state index in [1.807, 2.05) is 32.0 Å². The normalized spacial score (nSPS) is 19.0. The molecule has 0 radical (unpaired) electrons. The summed E-state index contributed by atoms with van der Waals surface area (Å²) in [6, 6.07) is 6.03. The molecule has 1 aliphatic rings. The van der Waals surface area contributed by atoms with Gasteiger partial charge in [-0.1, -0.05) is 12.1 Å². The van der Waals surface area contributed by atoms with Crippen LogP contribution in [0.25, 0.3) is 0 Å². The topological polar surface area (TPSA) is 46.6 Å². The first-order valence-corrected chi connectivity index (χ1v) is 7.78. The van der Waals surface area contributed by atoms with Crippen molar-refractivity contribution >= 4 is 10.0 Å². The zero-order chi connectivity index (χ0) is 13.2. The molecule has 1 aliphatic heterocycles. The summed E-state index contributed by atoms with van der Waals surface area (Å²) in [5.74, 6) is 1.11. The largest absolute Gasteiger partial charge is 0.492 e. The summed E-state index contributed by atoms with van der Waals surface area (Å²) in [7, 11) is -3.01. The summed E-state index contributed by atoms with van der Waals surface area (Å²) in [6.45, 7) is 5.47. The lowest BCUT2D eigenvalue weighted by Gasteiger charge is -2.15. The Bertz CT molecular complexity index is 525. The van der Waals surface area contributed by atoms with Gasteiger partial charge in [0.15, 0.2) is 0 Å². The van der Waals surface area contributed by atoms with Gasteiger partial charge >= 0.3 is 0 Å². The van der Waals surface area contributed by atoms with Gasteiger partial charge in [-0.2, -0.15) is 4.31 Å². The van der Waals surface area contributed by atoms with Crippen LogP contribution >= 0.6 is 0 Å². The Morgan fingerprint density at radius 1 is 1.33 bits per heavy atom. The number of rotatable bonds is 4. The fourth-order valence-electron chi connectivity index (χ4n) is 2.06. The Balaban J connectivity index is 1.91. The highest BCUT2D eigenvalue weighted by Gasteiger charge is 2.27. The highest BCUT2D eigenvalue weighted by Crippen LogP contribution is 2.19. The molecule has 0 spiro atoms.